The maximum absolute atomic E-state index is 13.0. The van der Waals surface area contributed by atoms with Gasteiger partial charge in [0.25, 0.3) is 0 Å². The number of alkyl halides is 3. The van der Waals surface area contributed by atoms with Gasteiger partial charge in [-0.15, -0.1) is 0 Å². The zero-order valence-corrected chi connectivity index (χ0v) is 19.9. The Morgan fingerprint density at radius 1 is 0.886 bits per heavy atom. The van der Waals surface area contributed by atoms with E-state index in [4.69, 9.17) is 0 Å². The number of halogens is 3. The molecule has 4 rings (SSSR count). The molecule has 186 valence electrons. The first-order valence-electron chi connectivity index (χ1n) is 12.0. The van der Waals surface area contributed by atoms with Crippen molar-refractivity contribution in [3.63, 3.8) is 0 Å². The van der Waals surface area contributed by atoms with Crippen molar-refractivity contribution in [2.45, 2.75) is 38.8 Å². The average Bonchev–Trinajstić information content (AvgIpc) is 3.27. The van der Waals surface area contributed by atoms with Crippen LogP contribution in [0.15, 0.2) is 54.9 Å². The summed E-state index contributed by atoms with van der Waals surface area (Å²) in [5, 5.41) is 1.82. The number of aromatic nitrogens is 1. The third-order valence-corrected chi connectivity index (χ3v) is 6.61. The van der Waals surface area contributed by atoms with Crippen molar-refractivity contribution in [3.05, 3.63) is 66.0 Å². The van der Waals surface area contributed by atoms with Crippen LogP contribution >= 0.6 is 0 Å². The van der Waals surface area contributed by atoms with E-state index in [-0.39, 0.29) is 11.7 Å². The lowest BCUT2D eigenvalue weighted by molar-refractivity contribution is -0.137. The van der Waals surface area contributed by atoms with Crippen molar-refractivity contribution >= 4 is 28.2 Å². The Balaban J connectivity index is 1.17. The molecule has 0 radical (unpaired) electrons. The fraction of sp³-hybridized carbons (Fsp3) is 0.407. The number of hydrogen-bond donors (Lipinski definition) is 0. The number of fused-ring (bicyclic) bond motifs is 1. The van der Waals surface area contributed by atoms with E-state index >= 15 is 0 Å². The topological polar surface area (TPSA) is 45.6 Å². The van der Waals surface area contributed by atoms with Gasteiger partial charge in [-0.3, -0.25) is 19.1 Å². The highest BCUT2D eigenvalue weighted by Crippen LogP contribution is 2.32. The van der Waals surface area contributed by atoms with Gasteiger partial charge in [-0.2, -0.15) is 13.2 Å². The number of Topliss-reactive ketones (excluding diaryl/α,β-unsaturated/α-hetero) is 1. The van der Waals surface area contributed by atoms with Crippen molar-refractivity contribution in [1.82, 2.24) is 9.47 Å². The zero-order chi connectivity index (χ0) is 25.0. The molecule has 0 N–H and O–H groups in total. The van der Waals surface area contributed by atoms with Gasteiger partial charge in [0.15, 0.2) is 5.78 Å². The third-order valence-electron chi connectivity index (χ3n) is 6.61. The molecule has 5 nitrogen and oxygen atoms in total. The van der Waals surface area contributed by atoms with Crippen molar-refractivity contribution in [3.8, 4) is 0 Å². The normalized spacial score (nSPS) is 15.0. The molecule has 1 fully saturated rings. The number of benzene rings is 2. The highest BCUT2D eigenvalue weighted by Gasteiger charge is 2.31. The third kappa shape index (κ3) is 6.31. The lowest BCUT2D eigenvalue weighted by Gasteiger charge is -2.36. The fourth-order valence-corrected chi connectivity index (χ4v) is 4.53. The predicted molar refractivity (Wildman–Crippen MR) is 131 cm³/mol. The van der Waals surface area contributed by atoms with Crippen LogP contribution in [0.4, 0.5) is 18.9 Å². The minimum absolute atomic E-state index is 0.00282. The van der Waals surface area contributed by atoms with Crippen LogP contribution in [0.5, 0.6) is 0 Å². The molecule has 2 heterocycles. The van der Waals surface area contributed by atoms with Gasteiger partial charge in [0.05, 0.1) is 5.56 Å². The Labute approximate surface area is 203 Å². The highest BCUT2D eigenvalue weighted by atomic mass is 19.4. The maximum atomic E-state index is 13.0. The molecule has 0 atom stereocenters. The standard InChI is InChI=1S/C27H30F3N3O2/c1-20(34)21-9-10-22-18-33(19-23(22)16-21)26(35)8-3-2-4-11-31-12-14-32(15-13-31)25-7-5-6-24(17-25)27(28,29)30/h5-7,9-10,16-19H,2-4,8,11-15H2,1H3. The Bertz CT molecular complexity index is 1190. The lowest BCUT2D eigenvalue weighted by Crippen LogP contribution is -2.46. The Hall–Kier alpha value is -3.13. The molecule has 3 aromatic rings. The zero-order valence-electron chi connectivity index (χ0n) is 19.9. The van der Waals surface area contributed by atoms with Gasteiger partial charge in [-0.05, 0) is 56.0 Å². The summed E-state index contributed by atoms with van der Waals surface area (Å²) in [6.07, 6.45) is 2.45. The van der Waals surface area contributed by atoms with E-state index in [0.717, 1.165) is 55.7 Å². The van der Waals surface area contributed by atoms with Gasteiger partial charge >= 0.3 is 6.18 Å². The molecule has 0 spiro atoms. The highest BCUT2D eigenvalue weighted by molar-refractivity contribution is 5.99. The first-order chi connectivity index (χ1) is 16.7. The number of carbonyl (C=O) groups excluding carboxylic acids is 2. The number of hydrogen-bond acceptors (Lipinski definition) is 4. The number of carbonyl (C=O) groups is 2. The molecule has 1 aliphatic heterocycles. The van der Waals surface area contributed by atoms with Crippen LogP contribution in [0, 0.1) is 0 Å². The van der Waals surface area contributed by atoms with Crippen molar-refractivity contribution in [2.24, 2.45) is 0 Å². The van der Waals surface area contributed by atoms with E-state index in [9.17, 15) is 22.8 Å². The number of unbranched alkanes of at least 4 members (excludes halogenated alkanes) is 2. The van der Waals surface area contributed by atoms with Crippen LogP contribution < -0.4 is 4.90 Å². The summed E-state index contributed by atoms with van der Waals surface area (Å²) in [5.41, 5.74) is 0.646. The van der Waals surface area contributed by atoms with Gasteiger partial charge in [0.2, 0.25) is 5.91 Å². The van der Waals surface area contributed by atoms with Gasteiger partial charge in [-0.1, -0.05) is 24.6 Å². The van der Waals surface area contributed by atoms with E-state index < -0.39 is 11.7 Å². The Morgan fingerprint density at radius 3 is 2.34 bits per heavy atom. The monoisotopic (exact) mass is 485 g/mol. The Morgan fingerprint density at radius 2 is 1.63 bits per heavy atom. The minimum atomic E-state index is -4.33. The van der Waals surface area contributed by atoms with Crippen molar-refractivity contribution < 1.29 is 22.8 Å². The quantitative estimate of drug-likeness (QED) is 0.295. The number of nitrogens with zero attached hydrogens (tertiary/aromatic N) is 3. The number of rotatable bonds is 8. The molecule has 35 heavy (non-hydrogen) atoms. The molecule has 1 aromatic heterocycles. The largest absolute Gasteiger partial charge is 0.416 e. The summed E-state index contributed by atoms with van der Waals surface area (Å²) >= 11 is 0. The molecule has 1 aliphatic rings. The molecule has 1 saturated heterocycles. The smallest absolute Gasteiger partial charge is 0.369 e. The van der Waals surface area contributed by atoms with Gasteiger partial charge < -0.3 is 4.90 Å². The second-order valence-electron chi connectivity index (χ2n) is 9.15. The molecular formula is C27H30F3N3O2. The van der Waals surface area contributed by atoms with Crippen LogP contribution in [0.1, 0.15) is 53.3 Å². The average molecular weight is 486 g/mol. The van der Waals surface area contributed by atoms with Crippen LogP contribution in [0.2, 0.25) is 0 Å². The molecule has 0 bridgehead atoms. The number of anilines is 1. The number of ketones is 1. The van der Waals surface area contributed by atoms with Gasteiger partial charge in [-0.25, -0.2) is 0 Å². The van der Waals surface area contributed by atoms with E-state index in [2.05, 4.69) is 4.90 Å². The summed E-state index contributed by atoms with van der Waals surface area (Å²) in [7, 11) is 0. The fourth-order valence-electron chi connectivity index (χ4n) is 4.53. The summed E-state index contributed by atoms with van der Waals surface area (Å²) in [4.78, 5) is 28.5. The predicted octanol–water partition coefficient (Wildman–Crippen LogP) is 5.89. The van der Waals surface area contributed by atoms with E-state index in [1.54, 1.807) is 22.9 Å². The van der Waals surface area contributed by atoms with Crippen molar-refractivity contribution in [1.29, 1.82) is 0 Å². The summed E-state index contributed by atoms with van der Waals surface area (Å²) in [5.74, 6) is 0.0447. The van der Waals surface area contributed by atoms with E-state index in [1.165, 1.54) is 19.1 Å². The summed E-state index contributed by atoms with van der Waals surface area (Å²) in [6, 6.07) is 11.0. The van der Waals surface area contributed by atoms with E-state index in [0.29, 0.717) is 30.8 Å². The molecule has 0 aliphatic carbocycles. The maximum Gasteiger partial charge on any atom is 0.416 e. The Kier molecular flexibility index (Phi) is 7.60. The molecule has 8 heteroatoms. The lowest BCUT2D eigenvalue weighted by atomic mass is 10.1. The first kappa shape index (κ1) is 25.0. The van der Waals surface area contributed by atoms with Gasteiger partial charge in [0.1, 0.15) is 0 Å². The second kappa shape index (κ2) is 10.6. The van der Waals surface area contributed by atoms with E-state index in [1.807, 2.05) is 23.2 Å². The van der Waals surface area contributed by atoms with Crippen LogP contribution in [0.3, 0.4) is 0 Å². The second-order valence-corrected chi connectivity index (χ2v) is 9.15. The molecule has 0 saturated carbocycles. The molecule has 2 aromatic carbocycles. The number of piperazine rings is 1. The van der Waals surface area contributed by atoms with Crippen LogP contribution in [-0.4, -0.2) is 53.9 Å². The first-order valence-corrected chi connectivity index (χ1v) is 12.0. The summed E-state index contributed by atoms with van der Waals surface area (Å²) in [6.45, 7) is 5.48. The van der Waals surface area contributed by atoms with Crippen LogP contribution in [-0.2, 0) is 6.18 Å². The summed E-state index contributed by atoms with van der Waals surface area (Å²) < 4.78 is 40.5. The molecule has 0 amide bonds. The van der Waals surface area contributed by atoms with Gasteiger partial charge in [0, 0.05) is 61.6 Å². The SMILES string of the molecule is CC(=O)c1ccc2cn(C(=O)CCCCCN3CCN(c4cccc(C(F)(F)F)c4)CC3)cc2c1. The molecular weight excluding hydrogens is 455 g/mol. The minimum Gasteiger partial charge on any atom is -0.369 e. The molecule has 0 unspecified atom stereocenters. The van der Waals surface area contributed by atoms with Crippen LogP contribution in [0.25, 0.3) is 10.8 Å². The van der Waals surface area contributed by atoms with Crippen molar-refractivity contribution in [2.75, 3.05) is 37.6 Å².